The summed E-state index contributed by atoms with van der Waals surface area (Å²) in [6.07, 6.45) is 36.2. The third kappa shape index (κ3) is 7.28. The van der Waals surface area contributed by atoms with Gasteiger partial charge in [0, 0.05) is 25.1 Å². The second-order valence-electron chi connectivity index (χ2n) is 26.0. The van der Waals surface area contributed by atoms with Crippen LogP contribution >= 0.6 is 15.8 Å². The fourth-order valence-electron chi connectivity index (χ4n) is 20.6. The average molecular weight is 887 g/mol. The molecular weight excluding hydrogens is 806 g/mol. The molecule has 0 heterocycles. The van der Waals surface area contributed by atoms with E-state index in [2.05, 4.69) is 31.8 Å². The summed E-state index contributed by atoms with van der Waals surface area (Å²) in [5.41, 5.74) is 8.61. The van der Waals surface area contributed by atoms with Crippen molar-refractivity contribution in [1.82, 2.24) is 0 Å². The largest absolute Gasteiger partial charge is 0.748 e. The van der Waals surface area contributed by atoms with Gasteiger partial charge in [-0.2, -0.15) is 28.4 Å². The molecule has 0 radical (unpaired) electrons. The van der Waals surface area contributed by atoms with Crippen molar-refractivity contribution in [3.8, 4) is 0 Å². The maximum atomic E-state index is 2.99. The van der Waals surface area contributed by atoms with E-state index in [-0.39, 0.29) is 32.9 Å². The van der Waals surface area contributed by atoms with Crippen LogP contribution in [0.1, 0.15) is 140 Å². The summed E-state index contributed by atoms with van der Waals surface area (Å²) in [5, 5.41) is 1.87. The van der Waals surface area contributed by atoms with E-state index in [0.29, 0.717) is 0 Å². The molecule has 2 aromatic rings. The standard InChI is InChI=1S/C50H75P2Si.C5H5.Fe/c1-53(2,3)46-24-44(26-51(47-36-8-28-4-29(10-36)11-37(47)9-28)48-38-12-30-5-31(14-38)15-39(48)13-30)45(25-46)27-52(49-40-16-32-6-33(18-40)19-41(49)17-32)50-42-20-34-7-35(22-42)23-43(50)21-34;1-2-4-5-3-1;/h24-25,28-43,47-50H,4-23,26-27H2,1-3H3;1-5H;/q-1;-5;. The van der Waals surface area contributed by atoms with Gasteiger partial charge in [-0.3, -0.25) is 0 Å². The summed E-state index contributed by atoms with van der Waals surface area (Å²) in [6, 6.07) is 16.0. The summed E-state index contributed by atoms with van der Waals surface area (Å²) in [5.74, 6) is 18.0. The Morgan fingerprint density at radius 3 is 0.780 bits per heavy atom. The third-order valence-corrected chi connectivity index (χ3v) is 31.3. The van der Waals surface area contributed by atoms with E-state index < -0.39 is 8.07 Å². The van der Waals surface area contributed by atoms with Gasteiger partial charge in [0.05, 0.1) is 0 Å². The van der Waals surface area contributed by atoms with Crippen molar-refractivity contribution in [2.75, 3.05) is 0 Å². The van der Waals surface area contributed by atoms with Gasteiger partial charge in [-0.05, 0) is 246 Å². The van der Waals surface area contributed by atoms with Crippen LogP contribution in [-0.2, 0) is 29.4 Å². The van der Waals surface area contributed by atoms with Crippen molar-refractivity contribution in [1.29, 1.82) is 0 Å². The zero-order valence-corrected chi connectivity index (χ0v) is 41.3. The average Bonchev–Trinajstić information content (AvgIpc) is 3.88. The van der Waals surface area contributed by atoms with E-state index >= 15 is 0 Å². The van der Waals surface area contributed by atoms with Crippen molar-refractivity contribution in [2.24, 2.45) is 94.7 Å². The van der Waals surface area contributed by atoms with Crippen LogP contribution in [0.15, 0.2) is 42.5 Å². The Morgan fingerprint density at radius 1 is 0.390 bits per heavy atom. The predicted octanol–water partition coefficient (Wildman–Crippen LogP) is 14.6. The second kappa shape index (κ2) is 15.7. The Morgan fingerprint density at radius 2 is 0.593 bits per heavy atom. The van der Waals surface area contributed by atoms with Crippen molar-refractivity contribution >= 4 is 29.1 Å². The molecule has 16 bridgehead atoms. The molecule has 0 aliphatic heterocycles. The van der Waals surface area contributed by atoms with Crippen LogP contribution in [0.5, 0.6) is 0 Å². The normalized spacial score (nSPS) is 49.8. The van der Waals surface area contributed by atoms with Crippen molar-refractivity contribution in [3.05, 3.63) is 53.6 Å². The van der Waals surface area contributed by atoms with E-state index in [0.717, 1.165) is 117 Å². The summed E-state index contributed by atoms with van der Waals surface area (Å²) in [6.45, 7) is 8.10. The van der Waals surface area contributed by atoms with Crippen molar-refractivity contribution < 1.29 is 17.1 Å². The zero-order chi connectivity index (χ0) is 38.4. The molecule has 18 rings (SSSR count). The maximum absolute atomic E-state index is 2.99. The molecule has 328 valence electrons. The van der Waals surface area contributed by atoms with Gasteiger partial charge in [-0.15, -0.1) is 15.8 Å². The molecule has 16 saturated carbocycles. The van der Waals surface area contributed by atoms with Crippen LogP contribution in [0.4, 0.5) is 0 Å². The monoisotopic (exact) mass is 886 g/mol. The molecule has 0 amide bonds. The SMILES string of the molecule is C[Si](C)(C)[c-]1cc(CP(C2C3CC4CC(C3)CC2C4)C2C3CC4CC(C3)CC2C4)c(CP(C2C3CC4CC(C3)CC2C4)C2C3CC4CC(C3)CC2C4)c1.[Fe].[cH-]1[cH-][cH-][cH-][cH-]1. The van der Waals surface area contributed by atoms with Gasteiger partial charge >= 0.3 is 0 Å². The van der Waals surface area contributed by atoms with E-state index in [1.807, 2.05) is 46.6 Å². The van der Waals surface area contributed by atoms with Crippen molar-refractivity contribution in [3.63, 3.8) is 0 Å². The summed E-state index contributed by atoms with van der Waals surface area (Å²) in [7, 11) is -1.25. The maximum Gasteiger partial charge on any atom is 0.0147 e. The minimum absolute atomic E-state index is 0. The van der Waals surface area contributed by atoms with Crippen LogP contribution in [-0.4, -0.2) is 30.7 Å². The van der Waals surface area contributed by atoms with Gasteiger partial charge in [-0.1, -0.05) is 32.0 Å². The molecule has 0 aromatic heterocycles. The molecule has 16 fully saturated rings. The smallest absolute Gasteiger partial charge is 0.0147 e. The van der Waals surface area contributed by atoms with Crippen molar-refractivity contribution in [2.45, 2.75) is 183 Å². The molecule has 4 heteroatoms. The van der Waals surface area contributed by atoms with E-state index in [1.54, 1.807) is 141 Å². The fourth-order valence-corrected chi connectivity index (χ4v) is 31.1. The molecule has 59 heavy (non-hydrogen) atoms. The van der Waals surface area contributed by atoms with E-state index in [4.69, 9.17) is 0 Å². The molecule has 0 N–H and O–H groups in total. The van der Waals surface area contributed by atoms with Gasteiger partial charge in [-0.25, -0.2) is 0 Å². The molecule has 2 aromatic carbocycles. The molecule has 16 aliphatic rings. The summed E-state index contributed by atoms with van der Waals surface area (Å²) in [4.78, 5) is 0. The Balaban J connectivity index is 0.000000588. The molecular formula is C55H80FeP2Si-6. The summed E-state index contributed by atoms with van der Waals surface area (Å²) < 4.78 is 0. The Bertz CT molecular complexity index is 1460. The minimum Gasteiger partial charge on any atom is -0.748 e. The number of hydrogen-bond acceptors (Lipinski definition) is 0. The van der Waals surface area contributed by atoms with E-state index in [9.17, 15) is 0 Å². The van der Waals surface area contributed by atoms with Crippen LogP contribution < -0.4 is 5.19 Å². The molecule has 0 spiro atoms. The van der Waals surface area contributed by atoms with Gasteiger partial charge in [0.25, 0.3) is 0 Å². The first kappa shape index (κ1) is 40.8. The van der Waals surface area contributed by atoms with Crippen LogP contribution in [0.3, 0.4) is 0 Å². The first-order valence-electron chi connectivity index (χ1n) is 26.2. The topological polar surface area (TPSA) is 0 Å². The molecule has 0 saturated heterocycles. The Kier molecular flexibility index (Phi) is 10.9. The molecule has 0 unspecified atom stereocenters. The van der Waals surface area contributed by atoms with E-state index in [1.165, 1.54) is 0 Å². The molecule has 0 nitrogen and oxygen atoms in total. The van der Waals surface area contributed by atoms with Gasteiger partial charge < -0.3 is 30.3 Å². The van der Waals surface area contributed by atoms with Crippen LogP contribution in [0, 0.1) is 94.7 Å². The van der Waals surface area contributed by atoms with Gasteiger partial charge in [0.15, 0.2) is 0 Å². The third-order valence-electron chi connectivity index (χ3n) is 21.4. The quantitative estimate of drug-likeness (QED) is 0.134. The zero-order valence-electron chi connectivity index (χ0n) is 37.4. The number of hydrogen-bond donors (Lipinski definition) is 0. The first-order valence-corrected chi connectivity index (χ1v) is 33.0. The Hall–Kier alpha value is 0.296. The summed E-state index contributed by atoms with van der Waals surface area (Å²) >= 11 is 0. The van der Waals surface area contributed by atoms with Crippen LogP contribution in [0.2, 0.25) is 19.6 Å². The minimum atomic E-state index is -1.39. The van der Waals surface area contributed by atoms with Gasteiger partial charge in [0.1, 0.15) is 0 Å². The Labute approximate surface area is 375 Å². The van der Waals surface area contributed by atoms with Crippen LogP contribution in [0.25, 0.3) is 0 Å². The molecule has 0 atom stereocenters. The fraction of sp³-hybridized carbons (Fsp3) is 0.818. The molecule has 16 aliphatic carbocycles. The predicted molar refractivity (Wildman–Crippen MR) is 252 cm³/mol. The van der Waals surface area contributed by atoms with Gasteiger partial charge in [0.2, 0.25) is 0 Å². The number of rotatable bonds is 9. The first-order chi connectivity index (χ1) is 28.2. The second-order valence-corrected chi connectivity index (χ2v) is 36.2.